The van der Waals surface area contributed by atoms with Crippen LogP contribution in [0.1, 0.15) is 5.56 Å². The summed E-state index contributed by atoms with van der Waals surface area (Å²) in [5.74, 6) is 3.04. The Kier molecular flexibility index (Phi) is 5.02. The summed E-state index contributed by atoms with van der Waals surface area (Å²) in [5.41, 5.74) is 7.90. The SMILES string of the molecule is N#Cc1ccc2oc3ccc(-c4cccc(-c5ccc6c(c5)Oc5cccc7c5N6c5ccccc5O7)c4)cc3c(=O)c2c1. The van der Waals surface area contributed by atoms with Crippen LogP contribution in [0.4, 0.5) is 17.1 Å². The summed E-state index contributed by atoms with van der Waals surface area (Å²) in [7, 11) is 0. The second-order valence-electron chi connectivity index (χ2n) is 10.8. The van der Waals surface area contributed by atoms with Gasteiger partial charge in [0.25, 0.3) is 0 Å². The van der Waals surface area contributed by atoms with Crippen molar-refractivity contribution < 1.29 is 13.9 Å². The van der Waals surface area contributed by atoms with Gasteiger partial charge in [0.1, 0.15) is 16.9 Å². The third kappa shape index (κ3) is 3.57. The summed E-state index contributed by atoms with van der Waals surface area (Å²) in [6.45, 7) is 0. The lowest BCUT2D eigenvalue weighted by Crippen LogP contribution is -2.20. The van der Waals surface area contributed by atoms with Crippen LogP contribution in [-0.4, -0.2) is 0 Å². The molecule has 44 heavy (non-hydrogen) atoms. The lowest BCUT2D eigenvalue weighted by molar-refractivity contribution is 0.446. The minimum Gasteiger partial charge on any atom is -0.456 e. The van der Waals surface area contributed by atoms with E-state index in [-0.39, 0.29) is 5.43 Å². The van der Waals surface area contributed by atoms with Crippen LogP contribution >= 0.6 is 0 Å². The highest BCUT2D eigenvalue weighted by Crippen LogP contribution is 2.59. The first-order chi connectivity index (χ1) is 21.6. The standard InChI is InChI=1S/C38H20N2O4/c39-21-22-11-15-31-27(17-22)38(41)28-19-25(13-16-32(28)42-31)23-5-3-6-24(18-23)26-12-14-30-36(20-26)44-35-10-4-9-34-37(35)40(30)29-7-1-2-8-33(29)43-34/h1-20H. The number of para-hydroxylation sites is 3. The van der Waals surface area contributed by atoms with Crippen LogP contribution in [0.5, 0.6) is 23.0 Å². The van der Waals surface area contributed by atoms with Gasteiger partial charge < -0.3 is 13.9 Å². The number of benzene rings is 6. The van der Waals surface area contributed by atoms with Gasteiger partial charge in [-0.2, -0.15) is 5.26 Å². The molecule has 0 spiro atoms. The number of rotatable bonds is 2. The van der Waals surface area contributed by atoms with E-state index in [1.807, 2.05) is 66.7 Å². The van der Waals surface area contributed by atoms with E-state index < -0.39 is 0 Å². The van der Waals surface area contributed by atoms with Gasteiger partial charge >= 0.3 is 0 Å². The van der Waals surface area contributed by atoms with Crippen molar-refractivity contribution >= 4 is 39.0 Å². The molecule has 1 aromatic heterocycles. The molecule has 2 aliphatic rings. The van der Waals surface area contributed by atoms with Crippen LogP contribution in [0.25, 0.3) is 44.2 Å². The summed E-state index contributed by atoms with van der Waals surface area (Å²) in [5, 5.41) is 10.2. The van der Waals surface area contributed by atoms with Gasteiger partial charge in [-0.15, -0.1) is 0 Å². The summed E-state index contributed by atoms with van der Waals surface area (Å²) >= 11 is 0. The zero-order valence-corrected chi connectivity index (χ0v) is 23.1. The average Bonchev–Trinajstić information content (AvgIpc) is 3.08. The largest absolute Gasteiger partial charge is 0.456 e. The lowest BCUT2D eigenvalue weighted by Gasteiger charge is -2.37. The minimum atomic E-state index is -0.156. The lowest BCUT2D eigenvalue weighted by atomic mass is 9.97. The molecule has 0 unspecified atom stereocenters. The molecule has 0 amide bonds. The summed E-state index contributed by atoms with van der Waals surface area (Å²) in [6.07, 6.45) is 0. The van der Waals surface area contributed by atoms with Crippen molar-refractivity contribution in [2.45, 2.75) is 0 Å². The third-order valence-electron chi connectivity index (χ3n) is 8.26. The molecule has 6 aromatic carbocycles. The van der Waals surface area contributed by atoms with Crippen LogP contribution in [0.2, 0.25) is 0 Å². The summed E-state index contributed by atoms with van der Waals surface area (Å²) in [6, 6.07) is 41.0. The van der Waals surface area contributed by atoms with Gasteiger partial charge in [-0.25, -0.2) is 0 Å². The van der Waals surface area contributed by atoms with Crippen LogP contribution in [0.3, 0.4) is 0 Å². The van der Waals surface area contributed by atoms with Gasteiger partial charge in [0.2, 0.25) is 5.43 Å². The molecule has 0 fully saturated rings. The van der Waals surface area contributed by atoms with Crippen LogP contribution in [0, 0.1) is 11.3 Å². The van der Waals surface area contributed by atoms with E-state index in [9.17, 15) is 10.1 Å². The van der Waals surface area contributed by atoms with Crippen molar-refractivity contribution in [2.24, 2.45) is 0 Å². The quantitative estimate of drug-likeness (QED) is 0.193. The predicted octanol–water partition coefficient (Wildman–Crippen LogP) is 9.83. The van der Waals surface area contributed by atoms with E-state index in [0.717, 1.165) is 62.3 Å². The molecular formula is C38H20N2O4. The van der Waals surface area contributed by atoms with E-state index in [0.29, 0.717) is 27.5 Å². The Morgan fingerprint density at radius 2 is 1.16 bits per heavy atom. The zero-order chi connectivity index (χ0) is 29.4. The molecule has 0 saturated heterocycles. The molecule has 9 rings (SSSR count). The Bertz CT molecular complexity index is 2450. The first kappa shape index (κ1) is 24.3. The fraction of sp³-hybridized carbons (Fsp3) is 0. The number of ether oxygens (including phenoxy) is 2. The van der Waals surface area contributed by atoms with Crippen LogP contribution < -0.4 is 19.8 Å². The van der Waals surface area contributed by atoms with Gasteiger partial charge in [0, 0.05) is 0 Å². The predicted molar refractivity (Wildman–Crippen MR) is 170 cm³/mol. The molecule has 0 saturated carbocycles. The molecule has 0 radical (unpaired) electrons. The Balaban J connectivity index is 1.13. The van der Waals surface area contributed by atoms with Gasteiger partial charge in [0.15, 0.2) is 23.0 Å². The normalized spacial score (nSPS) is 12.5. The smallest absolute Gasteiger partial charge is 0.200 e. The molecule has 206 valence electrons. The Morgan fingerprint density at radius 1 is 0.545 bits per heavy atom. The van der Waals surface area contributed by atoms with E-state index in [1.54, 1.807) is 18.2 Å². The second-order valence-corrected chi connectivity index (χ2v) is 10.8. The van der Waals surface area contributed by atoms with Crippen molar-refractivity contribution in [3.63, 3.8) is 0 Å². The number of anilines is 3. The zero-order valence-electron chi connectivity index (χ0n) is 23.1. The van der Waals surface area contributed by atoms with Crippen molar-refractivity contribution in [3.05, 3.63) is 137 Å². The fourth-order valence-corrected chi connectivity index (χ4v) is 6.17. The van der Waals surface area contributed by atoms with Gasteiger partial charge in [0.05, 0.1) is 33.8 Å². The van der Waals surface area contributed by atoms with Crippen molar-refractivity contribution in [2.75, 3.05) is 4.90 Å². The summed E-state index contributed by atoms with van der Waals surface area (Å²) in [4.78, 5) is 15.6. The molecule has 7 aromatic rings. The monoisotopic (exact) mass is 568 g/mol. The van der Waals surface area contributed by atoms with Gasteiger partial charge in [-0.3, -0.25) is 9.69 Å². The minimum absolute atomic E-state index is 0.156. The van der Waals surface area contributed by atoms with Crippen molar-refractivity contribution in [3.8, 4) is 51.3 Å². The molecule has 0 N–H and O–H groups in total. The molecule has 6 nitrogen and oxygen atoms in total. The van der Waals surface area contributed by atoms with Gasteiger partial charge in [-0.1, -0.05) is 48.5 Å². The first-order valence-corrected chi connectivity index (χ1v) is 14.2. The molecule has 3 heterocycles. The average molecular weight is 569 g/mol. The number of fused-ring (bicyclic) bond motifs is 6. The molecule has 6 heteroatoms. The third-order valence-corrected chi connectivity index (χ3v) is 8.26. The molecule has 2 aliphatic heterocycles. The highest BCUT2D eigenvalue weighted by Gasteiger charge is 2.34. The molecule has 0 atom stereocenters. The topological polar surface area (TPSA) is 75.7 Å². The second kappa shape index (κ2) is 9.09. The maximum absolute atomic E-state index is 13.4. The van der Waals surface area contributed by atoms with Gasteiger partial charge in [-0.05, 0) is 95.1 Å². The number of nitrogens with zero attached hydrogens (tertiary/aromatic N) is 2. The van der Waals surface area contributed by atoms with E-state index in [1.165, 1.54) is 0 Å². The first-order valence-electron chi connectivity index (χ1n) is 14.2. The highest BCUT2D eigenvalue weighted by molar-refractivity contribution is 5.95. The van der Waals surface area contributed by atoms with Crippen LogP contribution in [-0.2, 0) is 0 Å². The maximum Gasteiger partial charge on any atom is 0.200 e. The maximum atomic E-state index is 13.4. The number of nitriles is 1. The fourth-order valence-electron chi connectivity index (χ4n) is 6.17. The van der Waals surface area contributed by atoms with Crippen LogP contribution in [0.15, 0.2) is 131 Å². The van der Waals surface area contributed by atoms with E-state index in [4.69, 9.17) is 13.9 Å². The Labute approximate surface area is 251 Å². The van der Waals surface area contributed by atoms with E-state index >= 15 is 0 Å². The molecular weight excluding hydrogens is 548 g/mol. The Hall–Kier alpha value is -6.32. The molecule has 0 bridgehead atoms. The number of hydrogen-bond acceptors (Lipinski definition) is 6. The van der Waals surface area contributed by atoms with E-state index in [2.05, 4.69) is 47.4 Å². The number of hydrogen-bond donors (Lipinski definition) is 0. The highest BCUT2D eigenvalue weighted by atomic mass is 16.5. The molecule has 0 aliphatic carbocycles. The summed E-state index contributed by atoms with van der Waals surface area (Å²) < 4.78 is 18.6. The van der Waals surface area contributed by atoms with Crippen molar-refractivity contribution in [1.29, 1.82) is 5.26 Å². The Morgan fingerprint density at radius 3 is 1.98 bits per heavy atom. The van der Waals surface area contributed by atoms with Crippen molar-refractivity contribution in [1.82, 2.24) is 0 Å².